The lowest BCUT2D eigenvalue weighted by molar-refractivity contribution is -0.00356. The molecule has 0 amide bonds. The van der Waals surface area contributed by atoms with E-state index < -0.39 is 0 Å². The molecule has 0 unspecified atom stereocenters. The van der Waals surface area contributed by atoms with Crippen molar-refractivity contribution in [3.63, 3.8) is 0 Å². The van der Waals surface area contributed by atoms with Gasteiger partial charge in [-0.1, -0.05) is 53.5 Å². The first kappa shape index (κ1) is 15.8. The Kier molecular flexibility index (Phi) is 5.37. The minimum atomic E-state index is 0.161. The Morgan fingerprint density at radius 3 is 2.50 bits per heavy atom. The van der Waals surface area contributed by atoms with Gasteiger partial charge in [-0.3, -0.25) is 0 Å². The van der Waals surface area contributed by atoms with Crippen molar-refractivity contribution < 1.29 is 4.74 Å². The molecule has 1 saturated heterocycles. The van der Waals surface area contributed by atoms with Crippen molar-refractivity contribution in [2.75, 3.05) is 6.54 Å². The molecule has 3 rings (SSSR count). The van der Waals surface area contributed by atoms with Crippen molar-refractivity contribution >= 4 is 23.2 Å². The summed E-state index contributed by atoms with van der Waals surface area (Å²) >= 11 is 12.1. The van der Waals surface area contributed by atoms with Crippen LogP contribution < -0.4 is 5.32 Å². The molecule has 116 valence electrons. The van der Waals surface area contributed by atoms with Gasteiger partial charge >= 0.3 is 0 Å². The van der Waals surface area contributed by atoms with E-state index in [4.69, 9.17) is 27.9 Å². The predicted molar refractivity (Wildman–Crippen MR) is 91.5 cm³/mol. The topological polar surface area (TPSA) is 21.3 Å². The summed E-state index contributed by atoms with van der Waals surface area (Å²) in [7, 11) is 0. The maximum absolute atomic E-state index is 6.17. The highest BCUT2D eigenvalue weighted by atomic mass is 35.5. The van der Waals surface area contributed by atoms with E-state index in [0.29, 0.717) is 16.7 Å². The highest BCUT2D eigenvalue weighted by molar-refractivity contribution is 6.34. The van der Waals surface area contributed by atoms with Crippen LogP contribution in [0.15, 0.2) is 48.5 Å². The zero-order chi connectivity index (χ0) is 15.4. The SMILES string of the molecule is Clc1cc(Cl)cc(CO[C@H]2CCCN[C@H]2c2ccccc2)c1. The number of hydrogen-bond acceptors (Lipinski definition) is 2. The number of piperidine rings is 1. The van der Waals surface area contributed by atoms with Gasteiger partial charge in [0.05, 0.1) is 18.8 Å². The van der Waals surface area contributed by atoms with Gasteiger partial charge in [0.1, 0.15) is 0 Å². The summed E-state index contributed by atoms with van der Waals surface area (Å²) in [6.45, 7) is 1.55. The smallest absolute Gasteiger partial charge is 0.0774 e. The number of hydrogen-bond donors (Lipinski definition) is 1. The Balaban J connectivity index is 1.69. The molecule has 1 heterocycles. The van der Waals surface area contributed by atoms with Gasteiger partial charge in [0.15, 0.2) is 0 Å². The van der Waals surface area contributed by atoms with Crippen LogP contribution in [0.25, 0.3) is 0 Å². The summed E-state index contributed by atoms with van der Waals surface area (Å²) in [5.41, 5.74) is 2.28. The molecule has 0 radical (unpaired) electrons. The molecule has 1 aliphatic heterocycles. The van der Waals surface area contributed by atoms with E-state index in [2.05, 4.69) is 29.6 Å². The standard InChI is InChI=1S/C18H19Cl2NO/c19-15-9-13(10-16(20)11-15)12-22-17-7-4-8-21-18(17)14-5-2-1-3-6-14/h1-3,5-6,9-11,17-18,21H,4,7-8,12H2/t17-,18-/m0/s1. The van der Waals surface area contributed by atoms with E-state index in [-0.39, 0.29) is 12.1 Å². The highest BCUT2D eigenvalue weighted by Crippen LogP contribution is 2.27. The fraction of sp³-hybridized carbons (Fsp3) is 0.333. The monoisotopic (exact) mass is 335 g/mol. The van der Waals surface area contributed by atoms with Gasteiger partial charge in [0.25, 0.3) is 0 Å². The maximum atomic E-state index is 6.17. The fourth-order valence-corrected chi connectivity index (χ4v) is 3.50. The molecule has 2 aromatic carbocycles. The van der Waals surface area contributed by atoms with Crippen LogP contribution in [0.4, 0.5) is 0 Å². The zero-order valence-electron chi connectivity index (χ0n) is 12.3. The highest BCUT2D eigenvalue weighted by Gasteiger charge is 2.26. The largest absolute Gasteiger partial charge is 0.372 e. The Hall–Kier alpha value is -1.06. The van der Waals surface area contributed by atoms with E-state index in [9.17, 15) is 0 Å². The number of nitrogens with one attached hydrogen (secondary N) is 1. The lowest BCUT2D eigenvalue weighted by Gasteiger charge is -2.33. The first-order valence-corrected chi connectivity index (χ1v) is 8.33. The minimum Gasteiger partial charge on any atom is -0.372 e. The molecule has 0 aliphatic carbocycles. The quantitative estimate of drug-likeness (QED) is 0.848. The Labute approximate surface area is 141 Å². The lowest BCUT2D eigenvalue weighted by Crippen LogP contribution is -2.39. The second kappa shape index (κ2) is 7.47. The van der Waals surface area contributed by atoms with E-state index in [1.54, 1.807) is 6.07 Å². The molecule has 0 saturated carbocycles. The maximum Gasteiger partial charge on any atom is 0.0774 e. The van der Waals surface area contributed by atoms with Crippen LogP contribution >= 0.6 is 23.2 Å². The summed E-state index contributed by atoms with van der Waals surface area (Å²) in [4.78, 5) is 0. The molecule has 1 fully saturated rings. The predicted octanol–water partition coefficient (Wildman–Crippen LogP) is 5.00. The molecule has 2 nitrogen and oxygen atoms in total. The summed E-state index contributed by atoms with van der Waals surface area (Å²) in [5.74, 6) is 0. The van der Waals surface area contributed by atoms with Crippen LogP contribution in [0.3, 0.4) is 0 Å². The third-order valence-electron chi connectivity index (χ3n) is 3.95. The molecule has 0 spiro atoms. The van der Waals surface area contributed by atoms with Gasteiger partial charge < -0.3 is 10.1 Å². The lowest BCUT2D eigenvalue weighted by atomic mass is 9.94. The zero-order valence-corrected chi connectivity index (χ0v) is 13.8. The summed E-state index contributed by atoms with van der Waals surface area (Å²) in [5, 5.41) is 4.86. The van der Waals surface area contributed by atoms with Crippen molar-refractivity contribution in [3.8, 4) is 0 Å². The van der Waals surface area contributed by atoms with E-state index in [0.717, 1.165) is 24.9 Å². The summed E-state index contributed by atoms with van der Waals surface area (Å²) in [6.07, 6.45) is 2.35. The normalized spacial score (nSPS) is 21.7. The number of benzene rings is 2. The first-order valence-electron chi connectivity index (χ1n) is 7.57. The third kappa shape index (κ3) is 4.02. The van der Waals surface area contributed by atoms with Gasteiger partial charge in [-0.25, -0.2) is 0 Å². The first-order chi connectivity index (χ1) is 10.7. The third-order valence-corrected chi connectivity index (χ3v) is 4.38. The van der Waals surface area contributed by atoms with Crippen LogP contribution in [0.2, 0.25) is 10.0 Å². The van der Waals surface area contributed by atoms with Crippen molar-refractivity contribution in [3.05, 3.63) is 69.7 Å². The fourth-order valence-electron chi connectivity index (χ4n) is 2.93. The molecule has 2 aromatic rings. The molecule has 2 atom stereocenters. The summed E-state index contributed by atoms with van der Waals surface area (Å²) in [6, 6.07) is 16.3. The molecular formula is C18H19Cl2NO. The minimum absolute atomic E-state index is 0.161. The second-order valence-electron chi connectivity index (χ2n) is 5.61. The number of halogens is 2. The van der Waals surface area contributed by atoms with Gasteiger partial charge in [-0.15, -0.1) is 0 Å². The van der Waals surface area contributed by atoms with E-state index in [1.807, 2.05) is 18.2 Å². The number of ether oxygens (including phenoxy) is 1. The van der Waals surface area contributed by atoms with Crippen LogP contribution in [-0.2, 0) is 11.3 Å². The van der Waals surface area contributed by atoms with Crippen LogP contribution in [0, 0.1) is 0 Å². The van der Waals surface area contributed by atoms with Gasteiger partial charge in [0.2, 0.25) is 0 Å². The van der Waals surface area contributed by atoms with Crippen molar-refractivity contribution in [1.29, 1.82) is 0 Å². The average Bonchev–Trinajstić information content (AvgIpc) is 2.53. The molecule has 1 aliphatic rings. The van der Waals surface area contributed by atoms with Crippen molar-refractivity contribution in [1.82, 2.24) is 5.32 Å². The van der Waals surface area contributed by atoms with Gasteiger partial charge in [-0.05, 0) is 48.7 Å². The summed E-state index contributed by atoms with van der Waals surface area (Å²) < 4.78 is 6.17. The van der Waals surface area contributed by atoms with Gasteiger partial charge in [0, 0.05) is 10.0 Å². The molecule has 1 N–H and O–H groups in total. The van der Waals surface area contributed by atoms with E-state index >= 15 is 0 Å². The molecule has 0 bridgehead atoms. The average molecular weight is 336 g/mol. The van der Waals surface area contributed by atoms with Crippen molar-refractivity contribution in [2.45, 2.75) is 31.6 Å². The Bertz CT molecular complexity index is 597. The van der Waals surface area contributed by atoms with Crippen LogP contribution in [-0.4, -0.2) is 12.6 Å². The second-order valence-corrected chi connectivity index (χ2v) is 6.48. The molecule has 0 aromatic heterocycles. The Morgan fingerprint density at radius 2 is 1.77 bits per heavy atom. The molecule has 4 heteroatoms. The van der Waals surface area contributed by atoms with E-state index in [1.165, 1.54) is 5.56 Å². The molecule has 22 heavy (non-hydrogen) atoms. The molecular weight excluding hydrogens is 317 g/mol. The van der Waals surface area contributed by atoms with Crippen molar-refractivity contribution in [2.24, 2.45) is 0 Å². The Morgan fingerprint density at radius 1 is 1.05 bits per heavy atom. The number of rotatable bonds is 4. The van der Waals surface area contributed by atoms with Crippen LogP contribution in [0.1, 0.15) is 30.0 Å². The van der Waals surface area contributed by atoms with Gasteiger partial charge in [-0.2, -0.15) is 0 Å². The van der Waals surface area contributed by atoms with Crippen LogP contribution in [0.5, 0.6) is 0 Å².